The summed E-state index contributed by atoms with van der Waals surface area (Å²) in [7, 11) is 0. The largest absolute Gasteiger partial charge is 0.478 e. The van der Waals surface area contributed by atoms with Gasteiger partial charge in [0.1, 0.15) is 5.70 Å². The van der Waals surface area contributed by atoms with Crippen LogP contribution in [0, 0.1) is 0 Å². The highest BCUT2D eigenvalue weighted by Gasteiger charge is 2.05. The van der Waals surface area contributed by atoms with Crippen molar-refractivity contribution >= 4 is 39.3 Å². The highest BCUT2D eigenvalue weighted by molar-refractivity contribution is 9.11. The molecule has 0 aliphatic heterocycles. The molecule has 0 radical (unpaired) electrons. The molecule has 0 spiro atoms. The van der Waals surface area contributed by atoms with Gasteiger partial charge in [-0.25, -0.2) is 4.79 Å². The van der Waals surface area contributed by atoms with E-state index in [0.29, 0.717) is 4.88 Å². The highest BCUT2D eigenvalue weighted by Crippen LogP contribution is 2.24. The third-order valence-electron chi connectivity index (χ3n) is 1.24. The van der Waals surface area contributed by atoms with E-state index in [1.165, 1.54) is 17.4 Å². The van der Waals surface area contributed by atoms with Crippen LogP contribution in [0.2, 0.25) is 0 Å². The van der Waals surface area contributed by atoms with Crippen molar-refractivity contribution in [3.63, 3.8) is 0 Å². The van der Waals surface area contributed by atoms with E-state index in [0.717, 1.165) is 3.79 Å². The quantitative estimate of drug-likeness (QED) is 0.397. The van der Waals surface area contributed by atoms with Crippen LogP contribution >= 0.6 is 27.3 Å². The van der Waals surface area contributed by atoms with Gasteiger partial charge in [-0.2, -0.15) is 0 Å². The van der Waals surface area contributed by atoms with Gasteiger partial charge < -0.3 is 5.11 Å². The van der Waals surface area contributed by atoms with Crippen LogP contribution in [0.4, 0.5) is 0 Å². The number of nitrogens with zero attached hydrogens (tertiary/aromatic N) is 3. The van der Waals surface area contributed by atoms with Crippen molar-refractivity contribution < 1.29 is 9.90 Å². The van der Waals surface area contributed by atoms with Gasteiger partial charge in [-0.1, -0.05) is 5.11 Å². The Hall–Kier alpha value is -1.30. The van der Waals surface area contributed by atoms with Crippen molar-refractivity contribution in [2.45, 2.75) is 0 Å². The van der Waals surface area contributed by atoms with Crippen molar-refractivity contribution in [3.05, 3.63) is 36.9 Å². The Morgan fingerprint density at radius 3 is 2.86 bits per heavy atom. The number of azide groups is 1. The topological polar surface area (TPSA) is 86.1 Å². The molecule has 5 nitrogen and oxygen atoms in total. The number of halogens is 1. The Morgan fingerprint density at radius 2 is 2.43 bits per heavy atom. The Kier molecular flexibility index (Phi) is 3.70. The number of thiophene rings is 1. The summed E-state index contributed by atoms with van der Waals surface area (Å²) >= 11 is 4.59. The number of aliphatic carboxylic acids is 1. The average Bonchev–Trinajstić information content (AvgIpc) is 2.50. The maximum atomic E-state index is 10.6. The zero-order chi connectivity index (χ0) is 10.6. The lowest BCUT2D eigenvalue weighted by atomic mass is 10.3. The highest BCUT2D eigenvalue weighted by atomic mass is 79.9. The summed E-state index contributed by atoms with van der Waals surface area (Å²) in [5.41, 5.74) is 7.80. The lowest BCUT2D eigenvalue weighted by molar-refractivity contribution is -0.132. The van der Waals surface area contributed by atoms with Crippen LogP contribution in [0.3, 0.4) is 0 Å². The van der Waals surface area contributed by atoms with Crippen LogP contribution in [0.25, 0.3) is 16.5 Å². The predicted octanol–water partition coefficient (Wildman–Crippen LogP) is 3.25. The minimum absolute atomic E-state index is 0.318. The fourth-order valence-corrected chi connectivity index (χ4v) is 2.08. The monoisotopic (exact) mass is 273 g/mol. The second-order valence-electron chi connectivity index (χ2n) is 2.17. The first-order valence-corrected chi connectivity index (χ1v) is 5.00. The number of carboxylic acids is 1. The normalized spacial score (nSPS) is 10.8. The van der Waals surface area contributed by atoms with Crippen molar-refractivity contribution in [1.82, 2.24) is 0 Å². The minimum Gasteiger partial charge on any atom is -0.478 e. The number of carboxylic acid groups (broad SMARTS) is 1. The molecule has 1 N–H and O–H groups in total. The SMILES string of the molecule is [N-]=[N+]=N/C(=C\c1ccc(Br)s1)C(=O)O. The van der Waals surface area contributed by atoms with Gasteiger partial charge in [-0.05, 0) is 39.7 Å². The molecule has 0 aliphatic rings. The maximum absolute atomic E-state index is 10.6. The summed E-state index contributed by atoms with van der Waals surface area (Å²) in [5.74, 6) is -1.24. The van der Waals surface area contributed by atoms with Gasteiger partial charge in [-0.15, -0.1) is 11.3 Å². The van der Waals surface area contributed by atoms with Crippen LogP contribution in [0.1, 0.15) is 4.88 Å². The molecule has 1 heterocycles. The Bertz CT molecular complexity index is 430. The van der Waals surface area contributed by atoms with E-state index in [1.807, 2.05) is 0 Å². The molecule has 0 bridgehead atoms. The van der Waals surface area contributed by atoms with Crippen LogP contribution in [-0.2, 0) is 4.79 Å². The van der Waals surface area contributed by atoms with Crippen molar-refractivity contribution in [2.24, 2.45) is 5.11 Å². The van der Waals surface area contributed by atoms with Gasteiger partial charge >= 0.3 is 5.97 Å². The van der Waals surface area contributed by atoms with Crippen molar-refractivity contribution in [2.75, 3.05) is 0 Å². The second-order valence-corrected chi connectivity index (χ2v) is 4.66. The molecular formula is C7H4BrN3O2S. The van der Waals surface area contributed by atoms with Gasteiger partial charge in [0.25, 0.3) is 0 Å². The van der Waals surface area contributed by atoms with E-state index in [9.17, 15) is 4.79 Å². The van der Waals surface area contributed by atoms with E-state index < -0.39 is 5.97 Å². The lowest BCUT2D eigenvalue weighted by Gasteiger charge is -1.89. The molecule has 0 saturated heterocycles. The van der Waals surface area contributed by atoms with E-state index in [4.69, 9.17) is 10.6 Å². The number of carbonyl (C=O) groups is 1. The molecule has 1 aromatic rings. The summed E-state index contributed by atoms with van der Waals surface area (Å²) in [6.07, 6.45) is 1.32. The van der Waals surface area contributed by atoms with Gasteiger partial charge in [-0.3, -0.25) is 0 Å². The Labute approximate surface area is 91.4 Å². The van der Waals surface area contributed by atoms with E-state index in [1.54, 1.807) is 12.1 Å². The molecule has 0 amide bonds. The van der Waals surface area contributed by atoms with Crippen molar-refractivity contribution in [1.29, 1.82) is 0 Å². The van der Waals surface area contributed by atoms with Gasteiger partial charge in [0.2, 0.25) is 0 Å². The molecule has 0 aromatic carbocycles. The number of hydrogen-bond donors (Lipinski definition) is 1. The smallest absolute Gasteiger partial charge is 0.338 e. The molecule has 0 unspecified atom stereocenters. The predicted molar refractivity (Wildman–Crippen MR) is 56.8 cm³/mol. The van der Waals surface area contributed by atoms with Crippen molar-refractivity contribution in [3.8, 4) is 0 Å². The fraction of sp³-hybridized carbons (Fsp3) is 0. The molecule has 1 rings (SSSR count). The number of rotatable bonds is 3. The van der Waals surface area contributed by atoms with Crippen LogP contribution in [0.5, 0.6) is 0 Å². The van der Waals surface area contributed by atoms with Crippen LogP contribution in [0.15, 0.2) is 26.7 Å². The summed E-state index contributed by atoms with van der Waals surface area (Å²) in [5, 5.41) is 11.7. The molecule has 72 valence electrons. The molecule has 14 heavy (non-hydrogen) atoms. The fourth-order valence-electron chi connectivity index (χ4n) is 0.722. The van der Waals surface area contributed by atoms with Gasteiger partial charge in [0.05, 0.1) is 3.79 Å². The first kappa shape index (κ1) is 10.8. The first-order chi connectivity index (χ1) is 6.63. The number of hydrogen-bond acceptors (Lipinski definition) is 3. The zero-order valence-electron chi connectivity index (χ0n) is 6.72. The summed E-state index contributed by atoms with van der Waals surface area (Å²) in [6, 6.07) is 3.51. The van der Waals surface area contributed by atoms with E-state index in [-0.39, 0.29) is 5.70 Å². The van der Waals surface area contributed by atoms with Crippen LogP contribution in [-0.4, -0.2) is 11.1 Å². The third kappa shape index (κ3) is 2.88. The van der Waals surface area contributed by atoms with E-state index in [2.05, 4.69) is 26.0 Å². The standard InChI is InChI=1S/C7H4BrN3O2S/c8-6-2-1-4(14-6)3-5(7(12)13)10-11-9/h1-3H,(H,12,13)/b5-3-. The third-order valence-corrected chi connectivity index (χ3v) is 2.82. The molecule has 1 aromatic heterocycles. The Morgan fingerprint density at radius 1 is 1.71 bits per heavy atom. The van der Waals surface area contributed by atoms with E-state index >= 15 is 0 Å². The van der Waals surface area contributed by atoms with Gasteiger partial charge in [0.15, 0.2) is 0 Å². The molecule has 0 atom stereocenters. The lowest BCUT2D eigenvalue weighted by Crippen LogP contribution is -1.95. The summed E-state index contributed by atoms with van der Waals surface area (Å²) < 4.78 is 0.884. The summed E-state index contributed by atoms with van der Waals surface area (Å²) in [4.78, 5) is 13.7. The molecular weight excluding hydrogens is 270 g/mol. The Balaban J connectivity index is 3.04. The average molecular weight is 274 g/mol. The van der Waals surface area contributed by atoms with Crippen LogP contribution < -0.4 is 0 Å². The molecule has 0 aliphatic carbocycles. The minimum atomic E-state index is -1.24. The first-order valence-electron chi connectivity index (χ1n) is 3.39. The second kappa shape index (κ2) is 4.80. The maximum Gasteiger partial charge on any atom is 0.338 e. The zero-order valence-corrected chi connectivity index (χ0v) is 9.12. The van der Waals surface area contributed by atoms with Gasteiger partial charge in [0, 0.05) is 9.79 Å². The molecule has 7 heteroatoms. The molecule has 0 fully saturated rings. The summed E-state index contributed by atoms with van der Waals surface area (Å²) in [6.45, 7) is 0. The molecule has 0 saturated carbocycles.